The van der Waals surface area contributed by atoms with Gasteiger partial charge in [0.05, 0.1) is 11.0 Å². The number of rotatable bonds is 6. The molecule has 0 spiro atoms. The number of benzene rings is 2. The third kappa shape index (κ3) is 3.63. The largest absolute Gasteiger partial charge is 0.384 e. The van der Waals surface area contributed by atoms with E-state index in [-0.39, 0.29) is 5.91 Å². The van der Waals surface area contributed by atoms with Crippen LogP contribution in [0.25, 0.3) is 27.9 Å². The van der Waals surface area contributed by atoms with E-state index in [0.717, 1.165) is 30.5 Å². The van der Waals surface area contributed by atoms with Gasteiger partial charge in [-0.1, -0.05) is 43.5 Å². The number of anilines is 1. The lowest BCUT2D eigenvalue weighted by atomic mass is 10.2. The van der Waals surface area contributed by atoms with Crippen molar-refractivity contribution in [1.29, 1.82) is 0 Å². The van der Waals surface area contributed by atoms with Gasteiger partial charge in [-0.2, -0.15) is 0 Å². The first-order chi connectivity index (χ1) is 14.1. The summed E-state index contributed by atoms with van der Waals surface area (Å²) in [4.78, 5) is 22.5. The van der Waals surface area contributed by atoms with Gasteiger partial charge in [0.15, 0.2) is 5.65 Å². The van der Waals surface area contributed by atoms with E-state index < -0.39 is 0 Å². The highest BCUT2D eigenvalue weighted by atomic mass is 35.5. The van der Waals surface area contributed by atoms with E-state index in [1.807, 2.05) is 36.4 Å². The number of hydrogen-bond acceptors (Lipinski definition) is 4. The number of nitrogens with two attached hydrogens (primary N) is 1. The van der Waals surface area contributed by atoms with Crippen molar-refractivity contribution in [2.24, 2.45) is 0 Å². The fourth-order valence-electron chi connectivity index (χ4n) is 3.40. The highest BCUT2D eigenvalue weighted by Crippen LogP contribution is 2.31. The second-order valence-corrected chi connectivity index (χ2v) is 7.36. The SMILES string of the molecule is CCCCCNC(=O)c1c(N)n(-c2ccc(Cl)cc2)c2nc3ccccc3nc12. The first-order valence-corrected chi connectivity index (χ1v) is 10.1. The zero-order chi connectivity index (χ0) is 20.4. The summed E-state index contributed by atoms with van der Waals surface area (Å²) in [7, 11) is 0. The zero-order valence-electron chi connectivity index (χ0n) is 16.2. The van der Waals surface area contributed by atoms with Crippen LogP contribution in [0, 0.1) is 0 Å². The molecule has 0 fully saturated rings. The molecule has 2 heterocycles. The molecule has 4 rings (SSSR count). The van der Waals surface area contributed by atoms with Crippen molar-refractivity contribution in [2.45, 2.75) is 26.2 Å². The summed E-state index contributed by atoms with van der Waals surface area (Å²) in [6, 6.07) is 14.8. The van der Waals surface area contributed by atoms with Crippen LogP contribution in [0.2, 0.25) is 5.02 Å². The lowest BCUT2D eigenvalue weighted by Gasteiger charge is -2.08. The highest BCUT2D eigenvalue weighted by Gasteiger charge is 2.24. The molecule has 0 saturated carbocycles. The van der Waals surface area contributed by atoms with Crippen molar-refractivity contribution in [2.75, 3.05) is 12.3 Å². The van der Waals surface area contributed by atoms with Crippen LogP contribution in [0.3, 0.4) is 0 Å². The lowest BCUT2D eigenvalue weighted by molar-refractivity contribution is 0.0955. The molecule has 2 aromatic heterocycles. The minimum Gasteiger partial charge on any atom is -0.384 e. The van der Waals surface area contributed by atoms with Gasteiger partial charge in [-0.3, -0.25) is 9.36 Å². The number of para-hydroxylation sites is 2. The minimum absolute atomic E-state index is 0.235. The Hall–Kier alpha value is -3.12. The monoisotopic (exact) mass is 407 g/mol. The topological polar surface area (TPSA) is 85.8 Å². The molecular weight excluding hydrogens is 386 g/mol. The van der Waals surface area contributed by atoms with Crippen molar-refractivity contribution in [3.05, 3.63) is 59.1 Å². The number of carbonyl (C=O) groups is 1. The molecule has 1 amide bonds. The molecule has 0 saturated heterocycles. The maximum absolute atomic E-state index is 13.0. The number of aromatic nitrogens is 3. The van der Waals surface area contributed by atoms with Gasteiger partial charge in [-0.15, -0.1) is 0 Å². The smallest absolute Gasteiger partial charge is 0.257 e. The molecule has 0 aliphatic carbocycles. The standard InChI is InChI=1S/C22H22ClN5O/c1-2-3-6-13-25-22(29)18-19-21(27-17-8-5-4-7-16(17)26-19)28(20(18)24)15-11-9-14(23)10-12-15/h4-5,7-12H,2-3,6,13,24H2,1H3,(H,25,29). The zero-order valence-corrected chi connectivity index (χ0v) is 16.9. The Balaban J connectivity index is 1.89. The van der Waals surface area contributed by atoms with E-state index in [0.29, 0.717) is 39.6 Å². The predicted octanol–water partition coefficient (Wildman–Crippen LogP) is 4.73. The van der Waals surface area contributed by atoms with Crippen LogP contribution in [0.5, 0.6) is 0 Å². The van der Waals surface area contributed by atoms with Gasteiger partial charge in [0.2, 0.25) is 0 Å². The molecule has 2 aromatic carbocycles. The quantitative estimate of drug-likeness (QED) is 0.452. The van der Waals surface area contributed by atoms with Crippen LogP contribution in [0.15, 0.2) is 48.5 Å². The van der Waals surface area contributed by atoms with Gasteiger partial charge in [0, 0.05) is 17.3 Å². The van der Waals surface area contributed by atoms with Crippen molar-refractivity contribution in [3.63, 3.8) is 0 Å². The number of halogens is 1. The van der Waals surface area contributed by atoms with Crippen molar-refractivity contribution in [3.8, 4) is 5.69 Å². The van der Waals surface area contributed by atoms with Crippen LogP contribution >= 0.6 is 11.6 Å². The summed E-state index contributed by atoms with van der Waals surface area (Å²) in [6.45, 7) is 2.72. The fraction of sp³-hybridized carbons (Fsp3) is 0.227. The third-order valence-electron chi connectivity index (χ3n) is 4.88. The molecule has 0 radical (unpaired) electrons. The van der Waals surface area contributed by atoms with Crippen molar-refractivity contribution in [1.82, 2.24) is 19.9 Å². The number of nitrogen functional groups attached to an aromatic ring is 1. The third-order valence-corrected chi connectivity index (χ3v) is 5.13. The van der Waals surface area contributed by atoms with Gasteiger partial charge < -0.3 is 11.1 Å². The first kappa shape index (κ1) is 19.2. The number of unbranched alkanes of at least 4 members (excludes halogenated alkanes) is 2. The van der Waals surface area contributed by atoms with E-state index in [1.165, 1.54) is 0 Å². The average Bonchev–Trinajstić information content (AvgIpc) is 3.01. The van der Waals surface area contributed by atoms with Crippen molar-refractivity contribution >= 4 is 45.5 Å². The summed E-state index contributed by atoms with van der Waals surface area (Å²) in [5.74, 6) is 0.0755. The molecule has 3 N–H and O–H groups in total. The molecule has 0 bridgehead atoms. The molecule has 4 aromatic rings. The van der Waals surface area contributed by atoms with Crippen LogP contribution in [-0.2, 0) is 0 Å². The summed E-state index contributed by atoms with van der Waals surface area (Å²) in [5, 5.41) is 3.59. The van der Waals surface area contributed by atoms with Crippen LogP contribution in [0.4, 0.5) is 5.82 Å². The molecule has 0 aliphatic heterocycles. The van der Waals surface area contributed by atoms with E-state index in [1.54, 1.807) is 16.7 Å². The predicted molar refractivity (Wildman–Crippen MR) is 118 cm³/mol. The van der Waals surface area contributed by atoms with Gasteiger partial charge in [-0.05, 0) is 42.8 Å². The van der Waals surface area contributed by atoms with E-state index >= 15 is 0 Å². The van der Waals surface area contributed by atoms with Crippen molar-refractivity contribution < 1.29 is 4.79 Å². The van der Waals surface area contributed by atoms with Crippen LogP contribution < -0.4 is 11.1 Å². The Bertz CT molecular complexity index is 1180. The molecule has 7 heteroatoms. The first-order valence-electron chi connectivity index (χ1n) is 9.71. The molecule has 0 unspecified atom stereocenters. The summed E-state index contributed by atoms with van der Waals surface area (Å²) in [6.07, 6.45) is 3.07. The summed E-state index contributed by atoms with van der Waals surface area (Å²) < 4.78 is 1.76. The Labute approximate surface area is 173 Å². The van der Waals surface area contributed by atoms with Gasteiger partial charge in [-0.25, -0.2) is 9.97 Å². The Morgan fingerprint density at radius 3 is 2.45 bits per heavy atom. The van der Waals surface area contributed by atoms with E-state index in [2.05, 4.69) is 12.2 Å². The Morgan fingerprint density at radius 1 is 1.07 bits per heavy atom. The van der Waals surface area contributed by atoms with Crippen LogP contribution in [0.1, 0.15) is 36.5 Å². The molecule has 148 valence electrons. The highest BCUT2D eigenvalue weighted by molar-refractivity contribution is 6.30. The molecule has 6 nitrogen and oxygen atoms in total. The second-order valence-electron chi connectivity index (χ2n) is 6.92. The van der Waals surface area contributed by atoms with Gasteiger partial charge in [0.25, 0.3) is 5.91 Å². The van der Waals surface area contributed by atoms with E-state index in [4.69, 9.17) is 27.3 Å². The van der Waals surface area contributed by atoms with Crippen LogP contribution in [-0.4, -0.2) is 27.0 Å². The average molecular weight is 408 g/mol. The summed E-state index contributed by atoms with van der Waals surface area (Å²) >= 11 is 6.04. The number of nitrogens with zero attached hydrogens (tertiary/aromatic N) is 3. The molecule has 0 atom stereocenters. The lowest BCUT2D eigenvalue weighted by Crippen LogP contribution is -2.25. The molecule has 0 aliphatic rings. The van der Waals surface area contributed by atoms with E-state index in [9.17, 15) is 4.79 Å². The minimum atomic E-state index is -0.235. The maximum Gasteiger partial charge on any atom is 0.257 e. The number of fused-ring (bicyclic) bond motifs is 2. The molecular formula is C22H22ClN5O. The Morgan fingerprint density at radius 2 is 1.76 bits per heavy atom. The summed E-state index contributed by atoms with van der Waals surface area (Å²) in [5.41, 5.74) is 10.1. The number of nitrogens with one attached hydrogen (secondary N) is 1. The van der Waals surface area contributed by atoms with Gasteiger partial charge in [0.1, 0.15) is 16.9 Å². The number of amides is 1. The second kappa shape index (κ2) is 8.09. The molecule has 29 heavy (non-hydrogen) atoms. The van der Waals surface area contributed by atoms with Gasteiger partial charge >= 0.3 is 0 Å². The maximum atomic E-state index is 13.0. The number of hydrogen-bond donors (Lipinski definition) is 2. The number of carbonyl (C=O) groups excluding carboxylic acids is 1. The Kier molecular flexibility index (Phi) is 5.36. The fourth-order valence-corrected chi connectivity index (χ4v) is 3.53. The normalized spacial score (nSPS) is 11.2.